The molecule has 0 fully saturated rings. The van der Waals surface area contributed by atoms with Gasteiger partial charge in [-0.2, -0.15) is 0 Å². The Morgan fingerprint density at radius 1 is 0.950 bits per heavy atom. The van der Waals surface area contributed by atoms with Gasteiger partial charge in [0.15, 0.2) is 0 Å². The smallest absolute Gasteiger partial charge is 0.0661 e. The van der Waals surface area contributed by atoms with Crippen LogP contribution >= 0.6 is 43.5 Å². The minimum Gasteiger partial charge on any atom is -0.0843 e. The molecule has 0 aliphatic carbocycles. The molecule has 0 saturated carbocycles. The molecular weight excluding hydrogens is 399 g/mol. The van der Waals surface area contributed by atoms with Crippen molar-refractivity contribution in [3.63, 3.8) is 0 Å². The van der Waals surface area contributed by atoms with Crippen LogP contribution in [-0.2, 0) is 0 Å². The minimum absolute atomic E-state index is 0.133. The topological polar surface area (TPSA) is 0 Å². The van der Waals surface area contributed by atoms with Crippen LogP contribution < -0.4 is 0 Å². The first-order valence-electron chi connectivity index (χ1n) is 6.49. The maximum absolute atomic E-state index is 6.15. The van der Waals surface area contributed by atoms with Crippen molar-refractivity contribution < 1.29 is 0 Å². The maximum Gasteiger partial charge on any atom is 0.0661 e. The third kappa shape index (κ3) is 2.98. The lowest BCUT2D eigenvalue weighted by molar-refractivity contribution is 1.07. The molecule has 0 N–H and O–H groups in total. The predicted molar refractivity (Wildman–Crippen MR) is 95.3 cm³/mol. The SMILES string of the molecule is Cc1cc(C)c(C)c(C(Br)c2cc(Cl)ccc2Br)c1C. The number of hydrogen-bond donors (Lipinski definition) is 0. The molecule has 2 aromatic rings. The zero-order chi connectivity index (χ0) is 15.0. The van der Waals surface area contributed by atoms with Crippen molar-refractivity contribution in [2.75, 3.05) is 0 Å². The Balaban J connectivity index is 2.65. The van der Waals surface area contributed by atoms with E-state index in [9.17, 15) is 0 Å². The second-order valence-electron chi connectivity index (χ2n) is 5.20. The number of hydrogen-bond acceptors (Lipinski definition) is 0. The summed E-state index contributed by atoms with van der Waals surface area (Å²) in [5.41, 5.74) is 7.82. The average molecular weight is 417 g/mol. The van der Waals surface area contributed by atoms with E-state index in [1.54, 1.807) is 0 Å². The Bertz CT molecular complexity index is 636. The highest BCUT2D eigenvalue weighted by molar-refractivity contribution is 9.11. The van der Waals surface area contributed by atoms with E-state index in [1.807, 2.05) is 18.2 Å². The van der Waals surface area contributed by atoms with Gasteiger partial charge in [0.2, 0.25) is 0 Å². The number of aryl methyl sites for hydroxylation is 2. The van der Waals surface area contributed by atoms with Gasteiger partial charge in [-0.3, -0.25) is 0 Å². The van der Waals surface area contributed by atoms with Crippen LogP contribution in [0.15, 0.2) is 28.7 Å². The van der Waals surface area contributed by atoms with Crippen molar-refractivity contribution in [2.24, 2.45) is 0 Å². The normalized spacial score (nSPS) is 12.6. The first-order valence-corrected chi connectivity index (χ1v) is 8.58. The quantitative estimate of drug-likeness (QED) is 0.471. The third-order valence-corrected chi connectivity index (χ3v) is 5.82. The lowest BCUT2D eigenvalue weighted by atomic mass is 9.90. The number of alkyl halides is 1. The summed E-state index contributed by atoms with van der Waals surface area (Å²) in [6.45, 7) is 8.70. The molecule has 0 saturated heterocycles. The molecule has 0 nitrogen and oxygen atoms in total. The molecule has 20 heavy (non-hydrogen) atoms. The average Bonchev–Trinajstić information content (AvgIpc) is 2.39. The monoisotopic (exact) mass is 414 g/mol. The van der Waals surface area contributed by atoms with Gasteiger partial charge in [0.25, 0.3) is 0 Å². The van der Waals surface area contributed by atoms with Crippen LogP contribution in [0.4, 0.5) is 0 Å². The van der Waals surface area contributed by atoms with Crippen LogP contribution in [0.5, 0.6) is 0 Å². The fourth-order valence-electron chi connectivity index (χ4n) is 2.49. The molecule has 0 aromatic heterocycles. The standard InChI is InChI=1S/C17H17Br2Cl/c1-9-7-10(2)12(4)16(11(9)3)17(19)14-8-13(20)5-6-15(14)18/h5-8,17H,1-4H3. The highest BCUT2D eigenvalue weighted by atomic mass is 79.9. The molecule has 0 amide bonds. The highest BCUT2D eigenvalue weighted by Gasteiger charge is 2.20. The van der Waals surface area contributed by atoms with Crippen LogP contribution in [0.3, 0.4) is 0 Å². The third-order valence-electron chi connectivity index (χ3n) is 3.91. The molecule has 0 bridgehead atoms. The Kier molecular flexibility index (Phi) is 4.99. The van der Waals surface area contributed by atoms with Gasteiger partial charge in [-0.15, -0.1) is 0 Å². The molecule has 106 valence electrons. The number of benzene rings is 2. The zero-order valence-electron chi connectivity index (χ0n) is 12.0. The summed E-state index contributed by atoms with van der Waals surface area (Å²) in [4.78, 5) is 0.133. The number of rotatable bonds is 2. The van der Waals surface area contributed by atoms with Gasteiger partial charge < -0.3 is 0 Å². The van der Waals surface area contributed by atoms with E-state index < -0.39 is 0 Å². The van der Waals surface area contributed by atoms with E-state index in [4.69, 9.17) is 11.6 Å². The molecule has 2 rings (SSSR count). The van der Waals surface area contributed by atoms with Crippen LogP contribution in [0.2, 0.25) is 5.02 Å². The summed E-state index contributed by atoms with van der Waals surface area (Å²) in [5.74, 6) is 0. The first-order chi connectivity index (χ1) is 9.32. The second kappa shape index (κ2) is 6.21. The molecular formula is C17H17Br2Cl. The van der Waals surface area contributed by atoms with Gasteiger partial charge in [0, 0.05) is 9.50 Å². The van der Waals surface area contributed by atoms with Crippen molar-refractivity contribution in [3.8, 4) is 0 Å². The van der Waals surface area contributed by atoms with Crippen molar-refractivity contribution in [1.29, 1.82) is 0 Å². The van der Waals surface area contributed by atoms with Gasteiger partial charge in [0.1, 0.15) is 0 Å². The van der Waals surface area contributed by atoms with E-state index in [-0.39, 0.29) is 4.83 Å². The summed E-state index contributed by atoms with van der Waals surface area (Å²) >= 11 is 13.6. The highest BCUT2D eigenvalue weighted by Crippen LogP contribution is 2.40. The van der Waals surface area contributed by atoms with Crippen molar-refractivity contribution in [1.82, 2.24) is 0 Å². The van der Waals surface area contributed by atoms with Crippen LogP contribution in [0, 0.1) is 27.7 Å². The van der Waals surface area contributed by atoms with Crippen molar-refractivity contribution in [2.45, 2.75) is 32.5 Å². The molecule has 0 heterocycles. The molecule has 1 unspecified atom stereocenters. The summed E-state index contributed by atoms with van der Waals surface area (Å²) in [6.07, 6.45) is 0. The lowest BCUT2D eigenvalue weighted by Gasteiger charge is -2.21. The van der Waals surface area contributed by atoms with Gasteiger partial charge in [-0.05, 0) is 79.3 Å². The van der Waals surface area contributed by atoms with E-state index in [2.05, 4.69) is 65.6 Å². The Morgan fingerprint density at radius 3 is 2.05 bits per heavy atom. The van der Waals surface area contributed by atoms with Gasteiger partial charge in [-0.25, -0.2) is 0 Å². The molecule has 2 aromatic carbocycles. The van der Waals surface area contributed by atoms with E-state index in [1.165, 1.54) is 27.8 Å². The maximum atomic E-state index is 6.15. The summed E-state index contributed by atoms with van der Waals surface area (Å²) in [5, 5.41) is 0.757. The fraction of sp³-hybridized carbons (Fsp3) is 0.294. The molecule has 3 heteroatoms. The molecule has 1 atom stereocenters. The van der Waals surface area contributed by atoms with E-state index in [0.717, 1.165) is 15.1 Å². The molecule has 0 aliphatic heterocycles. The van der Waals surface area contributed by atoms with Gasteiger partial charge in [-0.1, -0.05) is 49.5 Å². The van der Waals surface area contributed by atoms with Crippen molar-refractivity contribution in [3.05, 3.63) is 67.1 Å². The minimum atomic E-state index is 0.133. The lowest BCUT2D eigenvalue weighted by Crippen LogP contribution is -2.03. The van der Waals surface area contributed by atoms with E-state index >= 15 is 0 Å². The molecule has 0 aliphatic rings. The summed E-state index contributed by atoms with van der Waals surface area (Å²) < 4.78 is 1.07. The van der Waals surface area contributed by atoms with Crippen LogP contribution in [0.1, 0.15) is 38.2 Å². The molecule has 0 radical (unpaired) electrons. The van der Waals surface area contributed by atoms with E-state index in [0.29, 0.717) is 0 Å². The number of halogens is 3. The van der Waals surface area contributed by atoms with Crippen LogP contribution in [0.25, 0.3) is 0 Å². The summed E-state index contributed by atoms with van der Waals surface area (Å²) in [6, 6.07) is 8.16. The largest absolute Gasteiger partial charge is 0.0843 e. The summed E-state index contributed by atoms with van der Waals surface area (Å²) in [7, 11) is 0. The Labute approximate surface area is 142 Å². The fourth-order valence-corrected chi connectivity index (χ4v) is 4.52. The first kappa shape index (κ1) is 16.1. The predicted octanol–water partition coefficient (Wildman–Crippen LogP) is 6.82. The zero-order valence-corrected chi connectivity index (χ0v) is 15.9. The second-order valence-corrected chi connectivity index (χ2v) is 7.41. The van der Waals surface area contributed by atoms with Crippen molar-refractivity contribution >= 4 is 43.5 Å². The van der Waals surface area contributed by atoms with Crippen LogP contribution in [-0.4, -0.2) is 0 Å². The Hall–Kier alpha value is -0.310. The van der Waals surface area contributed by atoms with Gasteiger partial charge in [0.05, 0.1) is 4.83 Å². The van der Waals surface area contributed by atoms with Gasteiger partial charge >= 0.3 is 0 Å². The molecule has 0 spiro atoms. The Morgan fingerprint density at radius 2 is 1.50 bits per heavy atom.